The summed E-state index contributed by atoms with van der Waals surface area (Å²) < 4.78 is 13.3. The number of fused-ring (bicyclic) bond motifs is 1. The molecule has 5 heteroatoms. The Kier molecular flexibility index (Phi) is 5.26. The van der Waals surface area contributed by atoms with E-state index >= 15 is 0 Å². The average molecular weight is 398 g/mol. The van der Waals surface area contributed by atoms with E-state index in [4.69, 9.17) is 9.47 Å². The van der Waals surface area contributed by atoms with Crippen molar-refractivity contribution in [3.8, 4) is 11.8 Å². The first-order chi connectivity index (χ1) is 14.4. The summed E-state index contributed by atoms with van der Waals surface area (Å²) in [6.07, 6.45) is 3.66. The Hall–Kier alpha value is -3.62. The lowest BCUT2D eigenvalue weighted by molar-refractivity contribution is 0.107. The van der Waals surface area contributed by atoms with Crippen LogP contribution in [0.3, 0.4) is 0 Å². The number of benzene rings is 2. The highest BCUT2D eigenvalue weighted by molar-refractivity contribution is 5.74. The van der Waals surface area contributed by atoms with Gasteiger partial charge in [-0.3, -0.25) is 9.36 Å². The van der Waals surface area contributed by atoms with E-state index in [-0.39, 0.29) is 5.56 Å². The van der Waals surface area contributed by atoms with E-state index in [0.29, 0.717) is 30.2 Å². The van der Waals surface area contributed by atoms with Crippen LogP contribution in [0.4, 0.5) is 0 Å². The normalized spacial score (nSPS) is 14.2. The molecule has 0 unspecified atom stereocenters. The van der Waals surface area contributed by atoms with Crippen LogP contribution in [0.5, 0.6) is 5.75 Å². The Morgan fingerprint density at radius 1 is 1.03 bits per heavy atom. The number of pyridine rings is 1. The standard InChI is InChI=1S/C25H22N2O3/c1-25(2)14-22(21-12-19(15-26)8-9-23(21)30-25)27-11-10-20(13-24(27)28)17-29-16-18-6-4-3-5-7-18/h3-14H,16-17H2,1-2H3. The van der Waals surface area contributed by atoms with Gasteiger partial charge in [-0.15, -0.1) is 0 Å². The molecule has 0 N–H and O–H groups in total. The van der Waals surface area contributed by atoms with Gasteiger partial charge in [0.2, 0.25) is 0 Å². The molecule has 0 atom stereocenters. The van der Waals surface area contributed by atoms with Crippen LogP contribution in [-0.2, 0) is 18.0 Å². The van der Waals surface area contributed by atoms with Gasteiger partial charge in [0.25, 0.3) is 5.56 Å². The molecule has 0 saturated heterocycles. The molecule has 0 amide bonds. The number of hydrogen-bond acceptors (Lipinski definition) is 4. The Bertz CT molecular complexity index is 1200. The van der Waals surface area contributed by atoms with E-state index < -0.39 is 5.60 Å². The zero-order chi connectivity index (χ0) is 21.1. The molecular weight excluding hydrogens is 376 g/mol. The molecule has 0 bridgehead atoms. The van der Waals surface area contributed by atoms with Crippen molar-refractivity contribution in [2.75, 3.05) is 0 Å². The maximum Gasteiger partial charge on any atom is 0.255 e. The van der Waals surface area contributed by atoms with Crippen molar-refractivity contribution in [2.45, 2.75) is 32.7 Å². The minimum atomic E-state index is -0.576. The molecule has 0 fully saturated rings. The predicted molar refractivity (Wildman–Crippen MR) is 115 cm³/mol. The largest absolute Gasteiger partial charge is 0.483 e. The van der Waals surface area contributed by atoms with Crippen LogP contribution in [0.2, 0.25) is 0 Å². The van der Waals surface area contributed by atoms with Gasteiger partial charge in [-0.2, -0.15) is 5.26 Å². The first-order valence-electron chi connectivity index (χ1n) is 9.75. The van der Waals surface area contributed by atoms with Crippen molar-refractivity contribution < 1.29 is 9.47 Å². The smallest absolute Gasteiger partial charge is 0.255 e. The number of nitrogens with zero attached hydrogens (tertiary/aromatic N) is 2. The van der Waals surface area contributed by atoms with Crippen molar-refractivity contribution in [1.29, 1.82) is 5.26 Å². The third kappa shape index (κ3) is 4.19. The fraction of sp³-hybridized carbons (Fsp3) is 0.200. The molecule has 2 aromatic carbocycles. The topological polar surface area (TPSA) is 64.2 Å². The van der Waals surface area contributed by atoms with Gasteiger partial charge in [-0.1, -0.05) is 30.3 Å². The van der Waals surface area contributed by atoms with Crippen LogP contribution >= 0.6 is 0 Å². The Morgan fingerprint density at radius 2 is 1.80 bits per heavy atom. The SMILES string of the molecule is CC1(C)C=C(n2ccc(COCc3ccccc3)cc2=O)c2cc(C#N)ccc2O1. The average Bonchev–Trinajstić information content (AvgIpc) is 2.73. The molecule has 5 nitrogen and oxygen atoms in total. The number of ether oxygens (including phenoxy) is 2. The zero-order valence-electron chi connectivity index (χ0n) is 17.0. The molecule has 0 aliphatic carbocycles. The van der Waals surface area contributed by atoms with Gasteiger partial charge in [-0.05, 0) is 55.3 Å². The highest BCUT2D eigenvalue weighted by Gasteiger charge is 2.28. The molecule has 0 saturated carbocycles. The van der Waals surface area contributed by atoms with Crippen molar-refractivity contribution in [1.82, 2.24) is 4.57 Å². The van der Waals surface area contributed by atoms with Gasteiger partial charge < -0.3 is 9.47 Å². The summed E-state index contributed by atoms with van der Waals surface area (Å²) >= 11 is 0. The van der Waals surface area contributed by atoms with Crippen LogP contribution in [0, 0.1) is 11.3 Å². The summed E-state index contributed by atoms with van der Waals surface area (Å²) in [5.74, 6) is 0.652. The van der Waals surface area contributed by atoms with Gasteiger partial charge in [0, 0.05) is 17.8 Å². The van der Waals surface area contributed by atoms with Gasteiger partial charge in [0.1, 0.15) is 11.4 Å². The van der Waals surface area contributed by atoms with Gasteiger partial charge in [0.05, 0.1) is 30.5 Å². The molecule has 0 spiro atoms. The third-order valence-electron chi connectivity index (χ3n) is 4.87. The highest BCUT2D eigenvalue weighted by Crippen LogP contribution is 2.36. The third-order valence-corrected chi connectivity index (χ3v) is 4.87. The van der Waals surface area contributed by atoms with E-state index in [1.165, 1.54) is 0 Å². The number of aromatic nitrogens is 1. The number of hydrogen-bond donors (Lipinski definition) is 0. The highest BCUT2D eigenvalue weighted by atomic mass is 16.5. The molecule has 2 heterocycles. The summed E-state index contributed by atoms with van der Waals surface area (Å²) in [6, 6.07) is 20.8. The van der Waals surface area contributed by atoms with E-state index in [1.54, 1.807) is 35.0 Å². The van der Waals surface area contributed by atoms with Gasteiger partial charge >= 0.3 is 0 Å². The van der Waals surface area contributed by atoms with Crippen LogP contribution < -0.4 is 10.3 Å². The maximum absolute atomic E-state index is 12.9. The molecule has 4 rings (SSSR count). The molecule has 150 valence electrons. The van der Waals surface area contributed by atoms with Crippen molar-refractivity contribution in [3.63, 3.8) is 0 Å². The van der Waals surface area contributed by atoms with Crippen LogP contribution in [0.1, 0.15) is 36.1 Å². The molecule has 1 aromatic heterocycles. The van der Waals surface area contributed by atoms with E-state index in [2.05, 4.69) is 6.07 Å². The summed E-state index contributed by atoms with van der Waals surface area (Å²) in [4.78, 5) is 12.9. The first kappa shape index (κ1) is 19.7. The second kappa shape index (κ2) is 8.02. The molecule has 30 heavy (non-hydrogen) atoms. The molecular formula is C25H22N2O3. The van der Waals surface area contributed by atoms with Crippen molar-refractivity contribution in [3.05, 3.63) is 106 Å². The fourth-order valence-corrected chi connectivity index (χ4v) is 3.48. The van der Waals surface area contributed by atoms with Gasteiger partial charge in [0.15, 0.2) is 0 Å². The van der Waals surface area contributed by atoms with E-state index in [1.807, 2.05) is 56.3 Å². The second-order valence-corrected chi connectivity index (χ2v) is 7.78. The quantitative estimate of drug-likeness (QED) is 0.635. The summed E-state index contributed by atoms with van der Waals surface area (Å²) in [7, 11) is 0. The summed E-state index contributed by atoms with van der Waals surface area (Å²) in [5.41, 5.74) is 3.11. The lowest BCUT2D eigenvalue weighted by Gasteiger charge is -2.31. The van der Waals surface area contributed by atoms with E-state index in [9.17, 15) is 10.1 Å². The van der Waals surface area contributed by atoms with Crippen LogP contribution in [0.25, 0.3) is 5.70 Å². The maximum atomic E-state index is 12.9. The minimum absolute atomic E-state index is 0.159. The lowest BCUT2D eigenvalue weighted by Crippen LogP contribution is -2.32. The van der Waals surface area contributed by atoms with Crippen molar-refractivity contribution in [2.24, 2.45) is 0 Å². The number of nitriles is 1. The van der Waals surface area contributed by atoms with Crippen LogP contribution in [-0.4, -0.2) is 10.2 Å². The monoisotopic (exact) mass is 398 g/mol. The van der Waals surface area contributed by atoms with Crippen LogP contribution in [0.15, 0.2) is 77.7 Å². The van der Waals surface area contributed by atoms with Gasteiger partial charge in [-0.25, -0.2) is 0 Å². The van der Waals surface area contributed by atoms with Crippen molar-refractivity contribution >= 4 is 5.70 Å². The second-order valence-electron chi connectivity index (χ2n) is 7.78. The molecule has 3 aromatic rings. The Morgan fingerprint density at radius 3 is 2.53 bits per heavy atom. The fourth-order valence-electron chi connectivity index (χ4n) is 3.48. The summed E-state index contributed by atoms with van der Waals surface area (Å²) in [6.45, 7) is 4.72. The Labute approximate surface area is 175 Å². The lowest BCUT2D eigenvalue weighted by atomic mass is 9.97. The predicted octanol–water partition coefficient (Wildman–Crippen LogP) is 4.50. The van der Waals surface area contributed by atoms with E-state index in [0.717, 1.165) is 16.7 Å². The number of rotatable bonds is 5. The summed E-state index contributed by atoms with van der Waals surface area (Å²) in [5, 5.41) is 9.26. The first-order valence-corrected chi connectivity index (χ1v) is 9.75. The zero-order valence-corrected chi connectivity index (χ0v) is 17.0. The minimum Gasteiger partial charge on any atom is -0.483 e. The molecule has 1 aliphatic heterocycles. The Balaban J connectivity index is 1.60. The molecule has 1 aliphatic rings. The molecule has 0 radical (unpaired) electrons.